The van der Waals surface area contributed by atoms with E-state index in [0.29, 0.717) is 8.58 Å². The van der Waals surface area contributed by atoms with E-state index in [1.54, 1.807) is 32.9 Å². The fourth-order valence-corrected chi connectivity index (χ4v) is 9.36. The van der Waals surface area contributed by atoms with Crippen LogP contribution in [0.25, 0.3) is 22.3 Å². The molecule has 0 amide bonds. The van der Waals surface area contributed by atoms with Crippen molar-refractivity contribution in [3.8, 4) is 22.3 Å². The van der Waals surface area contributed by atoms with Crippen LogP contribution in [-0.4, -0.2) is 0 Å². The molecule has 1 heteroatoms. The molecular weight excluding hydrogens is 487 g/mol. The van der Waals surface area contributed by atoms with Gasteiger partial charge < -0.3 is 0 Å². The van der Waals surface area contributed by atoms with Gasteiger partial charge in [0.2, 0.25) is 0 Å². The molecule has 0 saturated carbocycles. The fourth-order valence-electron chi connectivity index (χ4n) is 7.63. The van der Waals surface area contributed by atoms with Gasteiger partial charge in [0.15, 0.2) is 0 Å². The topological polar surface area (TPSA) is 0 Å². The zero-order chi connectivity index (χ0) is 28.0. The summed E-state index contributed by atoms with van der Waals surface area (Å²) in [5.74, 6) is 0. The smallest absolute Gasteiger partial charge is 0.000688 e. The summed E-state index contributed by atoms with van der Waals surface area (Å²) in [6.45, 7) is 23.9. The summed E-state index contributed by atoms with van der Waals surface area (Å²) in [4.78, 5) is 0. The number of hydrogen-bond acceptors (Lipinski definition) is 0. The third kappa shape index (κ3) is 3.97. The molecule has 0 saturated heterocycles. The summed E-state index contributed by atoms with van der Waals surface area (Å²) in [6.07, 6.45) is 2.11. The van der Waals surface area contributed by atoms with E-state index in [1.807, 2.05) is 0 Å². The lowest BCUT2D eigenvalue weighted by Gasteiger charge is -2.31. The average molecular weight is 531 g/mol. The molecule has 0 aliphatic heterocycles. The van der Waals surface area contributed by atoms with Crippen LogP contribution in [0.15, 0.2) is 48.5 Å². The Bertz CT molecular complexity index is 1540. The van der Waals surface area contributed by atoms with Crippen molar-refractivity contribution in [1.82, 2.24) is 0 Å². The molecule has 4 aromatic carbocycles. The first-order valence-corrected chi connectivity index (χ1v) is 15.6. The van der Waals surface area contributed by atoms with Crippen LogP contribution in [0.5, 0.6) is 0 Å². The van der Waals surface area contributed by atoms with E-state index in [-0.39, 0.29) is 10.8 Å². The minimum absolute atomic E-state index is 0.0990. The molecule has 200 valence electrons. The molecule has 0 atom stereocenters. The molecule has 0 heterocycles. The van der Waals surface area contributed by atoms with Gasteiger partial charge in [0.1, 0.15) is 0 Å². The van der Waals surface area contributed by atoms with Crippen LogP contribution >= 0.6 is 8.58 Å². The van der Waals surface area contributed by atoms with Gasteiger partial charge in [-0.1, -0.05) is 98.7 Å². The molecule has 0 fully saturated rings. The largest absolute Gasteiger partial charge is 0.0619 e. The highest BCUT2D eigenvalue weighted by Gasteiger charge is 2.35. The van der Waals surface area contributed by atoms with Gasteiger partial charge in [0.25, 0.3) is 0 Å². The first kappa shape index (κ1) is 26.5. The molecule has 0 spiro atoms. The SMILES string of the molecule is Cc1c(C)c(C(C)(C)C)c2c(c1Pc1c(C)c(C)c(C(C)(C)C)c3c1Cc1ccccc1-3)Cc1ccccc1-2. The number of rotatable bonds is 2. The molecule has 2 aliphatic carbocycles. The van der Waals surface area contributed by atoms with E-state index in [2.05, 4.69) is 118 Å². The molecule has 0 bridgehead atoms. The van der Waals surface area contributed by atoms with Crippen molar-refractivity contribution in [1.29, 1.82) is 0 Å². The van der Waals surface area contributed by atoms with E-state index >= 15 is 0 Å². The van der Waals surface area contributed by atoms with Crippen LogP contribution in [0.2, 0.25) is 0 Å². The Morgan fingerprint density at radius 2 is 0.872 bits per heavy atom. The zero-order valence-electron chi connectivity index (χ0n) is 25.5. The van der Waals surface area contributed by atoms with Gasteiger partial charge in [-0.3, -0.25) is 0 Å². The maximum absolute atomic E-state index is 2.40. The normalized spacial score (nSPS) is 13.8. The Labute approximate surface area is 238 Å². The summed E-state index contributed by atoms with van der Waals surface area (Å²) in [6, 6.07) is 18.3. The zero-order valence-corrected chi connectivity index (χ0v) is 26.5. The van der Waals surface area contributed by atoms with Crippen molar-refractivity contribution >= 4 is 19.2 Å². The number of benzene rings is 4. The van der Waals surface area contributed by atoms with Gasteiger partial charge in [-0.15, -0.1) is 0 Å². The maximum atomic E-state index is 2.40. The molecule has 0 radical (unpaired) electrons. The van der Waals surface area contributed by atoms with Crippen LogP contribution in [0.4, 0.5) is 0 Å². The van der Waals surface area contributed by atoms with Crippen molar-refractivity contribution in [2.24, 2.45) is 0 Å². The van der Waals surface area contributed by atoms with Crippen LogP contribution in [0.1, 0.15) is 97.2 Å². The Hall–Kier alpha value is -2.69. The summed E-state index contributed by atoms with van der Waals surface area (Å²) in [5, 5.41) is 3.19. The summed E-state index contributed by atoms with van der Waals surface area (Å²) >= 11 is 0. The fraction of sp³-hybridized carbons (Fsp3) is 0.368. The summed E-state index contributed by atoms with van der Waals surface area (Å²) < 4.78 is 0. The number of hydrogen-bond donors (Lipinski definition) is 0. The monoisotopic (exact) mass is 530 g/mol. The molecule has 39 heavy (non-hydrogen) atoms. The average Bonchev–Trinajstić information content (AvgIpc) is 3.41. The first-order chi connectivity index (χ1) is 18.3. The predicted octanol–water partition coefficient (Wildman–Crippen LogP) is 9.29. The van der Waals surface area contributed by atoms with Crippen LogP contribution < -0.4 is 10.6 Å². The summed E-state index contributed by atoms with van der Waals surface area (Å²) in [5.41, 5.74) is 21.4. The first-order valence-electron chi connectivity index (χ1n) is 14.6. The van der Waals surface area contributed by atoms with E-state index in [9.17, 15) is 0 Å². The van der Waals surface area contributed by atoms with Crippen molar-refractivity contribution < 1.29 is 0 Å². The molecule has 6 rings (SSSR count). The third-order valence-corrected chi connectivity index (χ3v) is 11.2. The Balaban J connectivity index is 1.64. The molecule has 0 N–H and O–H groups in total. The lowest BCUT2D eigenvalue weighted by Crippen LogP contribution is -2.25. The lowest BCUT2D eigenvalue weighted by molar-refractivity contribution is 0.587. The second kappa shape index (κ2) is 8.91. The third-order valence-electron chi connectivity index (χ3n) is 9.39. The lowest BCUT2D eigenvalue weighted by atomic mass is 9.77. The van der Waals surface area contributed by atoms with Crippen molar-refractivity contribution in [2.45, 2.75) is 92.9 Å². The molecule has 0 aromatic heterocycles. The minimum atomic E-state index is 0.0990. The molecule has 0 unspecified atom stereocenters. The van der Waals surface area contributed by atoms with Gasteiger partial charge in [-0.05, 0) is 140 Å². The van der Waals surface area contributed by atoms with E-state index in [0.717, 1.165) is 12.8 Å². The second-order valence-corrected chi connectivity index (χ2v) is 15.2. The highest BCUT2D eigenvalue weighted by Crippen LogP contribution is 2.49. The Morgan fingerprint density at radius 1 is 0.513 bits per heavy atom. The highest BCUT2D eigenvalue weighted by molar-refractivity contribution is 7.56. The molecule has 4 aromatic rings. The van der Waals surface area contributed by atoms with E-state index in [1.165, 1.54) is 55.6 Å². The maximum Gasteiger partial charge on any atom is -0.000688 e. The quantitative estimate of drug-likeness (QED) is 0.196. The van der Waals surface area contributed by atoms with Crippen molar-refractivity contribution in [2.75, 3.05) is 0 Å². The highest BCUT2D eigenvalue weighted by atomic mass is 31.1. The van der Waals surface area contributed by atoms with Gasteiger partial charge in [0.05, 0.1) is 0 Å². The van der Waals surface area contributed by atoms with Gasteiger partial charge >= 0.3 is 0 Å². The van der Waals surface area contributed by atoms with Crippen LogP contribution in [0, 0.1) is 27.7 Å². The Morgan fingerprint density at radius 3 is 1.23 bits per heavy atom. The summed E-state index contributed by atoms with van der Waals surface area (Å²) in [7, 11) is 0.666. The molecular formula is C38H43P. The van der Waals surface area contributed by atoms with Gasteiger partial charge in [0, 0.05) is 0 Å². The minimum Gasteiger partial charge on any atom is -0.0619 e. The standard InChI is InChI=1S/C38H43P/c1-21-23(3)35(29-19-25-15-11-13-17-27(25)31(29)33(21)37(5,6)7)39-36-24(4)22(2)34(38(8,9)10)32-28-18-14-12-16-26(28)20-30(32)36/h11-18,39H,19-20H2,1-10H3. The Kier molecular flexibility index (Phi) is 6.06. The van der Waals surface area contributed by atoms with Gasteiger partial charge in [-0.25, -0.2) is 0 Å². The second-order valence-electron chi connectivity index (χ2n) is 14.0. The van der Waals surface area contributed by atoms with Crippen molar-refractivity contribution in [3.63, 3.8) is 0 Å². The van der Waals surface area contributed by atoms with Crippen molar-refractivity contribution in [3.05, 3.63) is 104 Å². The number of fused-ring (bicyclic) bond motifs is 6. The predicted molar refractivity (Wildman–Crippen MR) is 173 cm³/mol. The van der Waals surface area contributed by atoms with E-state index < -0.39 is 0 Å². The van der Waals surface area contributed by atoms with Crippen LogP contribution in [0.3, 0.4) is 0 Å². The molecule has 2 aliphatic rings. The molecule has 0 nitrogen and oxygen atoms in total. The van der Waals surface area contributed by atoms with Crippen LogP contribution in [-0.2, 0) is 23.7 Å². The van der Waals surface area contributed by atoms with Gasteiger partial charge in [-0.2, -0.15) is 0 Å². The van der Waals surface area contributed by atoms with E-state index in [4.69, 9.17) is 0 Å².